The third-order valence-corrected chi connectivity index (χ3v) is 5.81. The highest BCUT2D eigenvalue weighted by Crippen LogP contribution is 2.18. The van der Waals surface area contributed by atoms with Crippen LogP contribution in [0.25, 0.3) is 0 Å². The molecule has 3 aromatic carbocycles. The first-order chi connectivity index (χ1) is 16.6. The summed E-state index contributed by atoms with van der Waals surface area (Å²) in [5, 5.41) is 0. The number of halogens is 2. The first-order valence-corrected chi connectivity index (χ1v) is 12.3. The zero-order valence-corrected chi connectivity index (χ0v) is 20.2. The Morgan fingerprint density at radius 3 is 1.68 bits per heavy atom. The molecule has 0 fully saturated rings. The summed E-state index contributed by atoms with van der Waals surface area (Å²) in [5.74, 6) is 10.4. The first kappa shape index (κ1) is 25.3. The highest BCUT2D eigenvalue weighted by molar-refractivity contribution is 5.48. The molecule has 0 nitrogen and oxygen atoms in total. The van der Waals surface area contributed by atoms with Crippen molar-refractivity contribution in [3.63, 3.8) is 0 Å². The summed E-state index contributed by atoms with van der Waals surface area (Å²) in [5.41, 5.74) is 4.45. The van der Waals surface area contributed by atoms with E-state index in [-0.39, 0.29) is 5.56 Å². The van der Waals surface area contributed by atoms with Crippen molar-refractivity contribution < 1.29 is 8.78 Å². The van der Waals surface area contributed by atoms with Gasteiger partial charge in [-0.1, -0.05) is 81.4 Å². The fourth-order valence-corrected chi connectivity index (χ4v) is 3.68. The van der Waals surface area contributed by atoms with Crippen molar-refractivity contribution in [1.82, 2.24) is 0 Å². The van der Waals surface area contributed by atoms with Gasteiger partial charge in [-0.25, -0.2) is 8.78 Å². The van der Waals surface area contributed by atoms with Crippen LogP contribution in [0.3, 0.4) is 0 Å². The quantitative estimate of drug-likeness (QED) is 0.237. The van der Waals surface area contributed by atoms with E-state index in [0.29, 0.717) is 12.0 Å². The molecule has 0 radical (unpaired) electrons. The maximum Gasteiger partial charge on any atom is 0.174 e. The molecule has 0 unspecified atom stereocenters. The second kappa shape index (κ2) is 13.4. The van der Waals surface area contributed by atoms with E-state index in [1.807, 2.05) is 24.3 Å². The Bertz CT molecular complexity index is 1180. The van der Waals surface area contributed by atoms with Crippen LogP contribution < -0.4 is 0 Å². The lowest BCUT2D eigenvalue weighted by Gasteiger charge is -2.05. The van der Waals surface area contributed by atoms with E-state index in [4.69, 9.17) is 0 Å². The molecule has 0 N–H and O–H groups in total. The summed E-state index contributed by atoms with van der Waals surface area (Å²) in [6.45, 7) is 4.32. The third-order valence-electron chi connectivity index (χ3n) is 5.81. The SMILES string of the molecule is CCCCCCc1ccc(C#Cc2ccc(C#Cc3ccc(CCCC)cc3)cc2)c(F)c1F. The molecular weight excluding hydrogens is 422 g/mol. The second-order valence-corrected chi connectivity index (χ2v) is 8.59. The zero-order valence-electron chi connectivity index (χ0n) is 20.2. The van der Waals surface area contributed by atoms with Gasteiger partial charge in [0.05, 0.1) is 5.56 Å². The molecule has 0 bridgehead atoms. The smallest absolute Gasteiger partial charge is 0.174 e. The number of hydrogen-bond donors (Lipinski definition) is 0. The first-order valence-electron chi connectivity index (χ1n) is 12.3. The molecule has 0 atom stereocenters. The summed E-state index contributed by atoms with van der Waals surface area (Å²) >= 11 is 0. The monoisotopic (exact) mass is 454 g/mol. The van der Waals surface area contributed by atoms with Gasteiger partial charge >= 0.3 is 0 Å². The molecule has 0 aromatic heterocycles. The summed E-state index contributed by atoms with van der Waals surface area (Å²) in [7, 11) is 0. The van der Waals surface area contributed by atoms with Gasteiger partial charge in [-0.15, -0.1) is 0 Å². The van der Waals surface area contributed by atoms with Crippen molar-refractivity contribution in [3.05, 3.63) is 106 Å². The summed E-state index contributed by atoms with van der Waals surface area (Å²) in [4.78, 5) is 0. The highest BCUT2D eigenvalue weighted by Gasteiger charge is 2.11. The molecule has 0 heterocycles. The van der Waals surface area contributed by atoms with E-state index in [0.717, 1.165) is 48.8 Å². The van der Waals surface area contributed by atoms with Crippen molar-refractivity contribution >= 4 is 0 Å². The van der Waals surface area contributed by atoms with E-state index < -0.39 is 11.6 Å². The van der Waals surface area contributed by atoms with E-state index >= 15 is 0 Å². The molecule has 3 rings (SSSR count). The Morgan fingerprint density at radius 1 is 0.529 bits per heavy atom. The van der Waals surface area contributed by atoms with Crippen LogP contribution in [0, 0.1) is 35.3 Å². The minimum absolute atomic E-state index is 0.0843. The van der Waals surface area contributed by atoms with E-state index in [1.54, 1.807) is 12.1 Å². The predicted octanol–water partition coefficient (Wildman–Crippen LogP) is 8.23. The van der Waals surface area contributed by atoms with Crippen molar-refractivity contribution in [2.24, 2.45) is 0 Å². The predicted molar refractivity (Wildman–Crippen MR) is 138 cm³/mol. The van der Waals surface area contributed by atoms with Gasteiger partial charge in [-0.05, 0) is 79.3 Å². The average Bonchev–Trinajstić information content (AvgIpc) is 2.87. The van der Waals surface area contributed by atoms with Crippen LogP contribution in [0.2, 0.25) is 0 Å². The normalized spacial score (nSPS) is 10.2. The van der Waals surface area contributed by atoms with Gasteiger partial charge in [0.25, 0.3) is 0 Å². The largest absolute Gasteiger partial charge is 0.203 e. The summed E-state index contributed by atoms with van der Waals surface area (Å²) in [6, 6.07) is 19.1. The van der Waals surface area contributed by atoms with Crippen molar-refractivity contribution in [3.8, 4) is 23.7 Å². The topological polar surface area (TPSA) is 0 Å². The molecule has 0 aliphatic rings. The lowest BCUT2D eigenvalue weighted by molar-refractivity contribution is 0.493. The van der Waals surface area contributed by atoms with Gasteiger partial charge in [-0.3, -0.25) is 0 Å². The molecule has 0 aliphatic heterocycles. The van der Waals surface area contributed by atoms with Gasteiger partial charge in [0.2, 0.25) is 0 Å². The third kappa shape index (κ3) is 7.60. The van der Waals surface area contributed by atoms with Crippen LogP contribution in [-0.2, 0) is 12.8 Å². The molecule has 2 heteroatoms. The van der Waals surface area contributed by atoms with Crippen LogP contribution in [0.15, 0.2) is 60.7 Å². The zero-order chi connectivity index (χ0) is 24.2. The van der Waals surface area contributed by atoms with Crippen LogP contribution in [0.4, 0.5) is 8.78 Å². The van der Waals surface area contributed by atoms with Crippen LogP contribution in [0.5, 0.6) is 0 Å². The van der Waals surface area contributed by atoms with Gasteiger partial charge in [0.1, 0.15) is 0 Å². The molecule has 0 saturated carbocycles. The fourth-order valence-electron chi connectivity index (χ4n) is 3.68. The average molecular weight is 455 g/mol. The molecule has 0 aliphatic carbocycles. The minimum Gasteiger partial charge on any atom is -0.203 e. The van der Waals surface area contributed by atoms with Crippen molar-refractivity contribution in [1.29, 1.82) is 0 Å². The molecule has 0 spiro atoms. The van der Waals surface area contributed by atoms with E-state index in [1.165, 1.54) is 18.4 Å². The van der Waals surface area contributed by atoms with E-state index in [9.17, 15) is 8.78 Å². The number of unbranched alkanes of at least 4 members (excludes halogenated alkanes) is 4. The van der Waals surface area contributed by atoms with Gasteiger partial charge < -0.3 is 0 Å². The highest BCUT2D eigenvalue weighted by atomic mass is 19.2. The summed E-state index contributed by atoms with van der Waals surface area (Å²) in [6.07, 6.45) is 8.19. The lowest BCUT2D eigenvalue weighted by atomic mass is 10.0. The Hall–Kier alpha value is -3.36. The Kier molecular flexibility index (Phi) is 9.94. The van der Waals surface area contributed by atoms with Gasteiger partial charge in [0, 0.05) is 16.7 Å². The van der Waals surface area contributed by atoms with Crippen molar-refractivity contribution in [2.75, 3.05) is 0 Å². The van der Waals surface area contributed by atoms with Crippen LogP contribution in [0.1, 0.15) is 85.8 Å². The molecule has 3 aromatic rings. The second-order valence-electron chi connectivity index (χ2n) is 8.59. The maximum absolute atomic E-state index is 14.5. The number of benzene rings is 3. The molecule has 174 valence electrons. The Labute approximate surface area is 203 Å². The lowest BCUT2D eigenvalue weighted by Crippen LogP contribution is -1.98. The van der Waals surface area contributed by atoms with Gasteiger partial charge in [0.15, 0.2) is 11.6 Å². The van der Waals surface area contributed by atoms with Crippen LogP contribution in [-0.4, -0.2) is 0 Å². The molecule has 0 amide bonds. The Morgan fingerprint density at radius 2 is 1.09 bits per heavy atom. The minimum atomic E-state index is -0.858. The van der Waals surface area contributed by atoms with Crippen molar-refractivity contribution in [2.45, 2.75) is 65.2 Å². The standard InChI is InChI=1S/C32H32F2/c1-3-5-7-8-10-29-23-24-30(32(34)31(29)33)22-21-28-19-17-27(18-20-28)16-15-26-13-11-25(12-14-26)9-6-4-2/h11-14,17-20,23-24H,3-10H2,1-2H3. The van der Waals surface area contributed by atoms with E-state index in [2.05, 4.69) is 61.8 Å². The molecular formula is C32H32F2. The molecule has 0 saturated heterocycles. The maximum atomic E-state index is 14.5. The Balaban J connectivity index is 1.63. The number of rotatable bonds is 8. The van der Waals surface area contributed by atoms with Gasteiger partial charge in [-0.2, -0.15) is 0 Å². The fraction of sp³-hybridized carbons (Fsp3) is 0.312. The summed E-state index contributed by atoms with van der Waals surface area (Å²) < 4.78 is 28.8. The number of hydrogen-bond acceptors (Lipinski definition) is 0. The van der Waals surface area contributed by atoms with Crippen LogP contribution >= 0.6 is 0 Å². The molecule has 34 heavy (non-hydrogen) atoms. The number of aryl methyl sites for hydroxylation is 2.